The van der Waals surface area contributed by atoms with Crippen LogP contribution in [0.1, 0.15) is 71.4 Å². The van der Waals surface area contributed by atoms with Crippen LogP contribution in [-0.4, -0.2) is 12.1 Å². The molecule has 138 valence electrons. The van der Waals surface area contributed by atoms with E-state index in [0.29, 0.717) is 12.1 Å². The molecular formula is C23H36N2. The highest BCUT2D eigenvalue weighted by atomic mass is 15.1. The van der Waals surface area contributed by atoms with Crippen molar-refractivity contribution in [3.63, 3.8) is 0 Å². The predicted molar refractivity (Wildman–Crippen MR) is 110 cm³/mol. The first-order valence-electron chi connectivity index (χ1n) is 10.0. The van der Waals surface area contributed by atoms with Crippen molar-refractivity contribution in [2.75, 3.05) is 0 Å². The molecule has 2 aliphatic rings. The highest BCUT2D eigenvalue weighted by Crippen LogP contribution is 2.34. The van der Waals surface area contributed by atoms with E-state index in [1.54, 1.807) is 0 Å². The van der Waals surface area contributed by atoms with E-state index < -0.39 is 0 Å². The molecule has 1 saturated carbocycles. The molecule has 0 amide bonds. The van der Waals surface area contributed by atoms with Crippen LogP contribution in [-0.2, 0) is 6.42 Å². The Morgan fingerprint density at radius 3 is 2.60 bits per heavy atom. The lowest BCUT2D eigenvalue weighted by atomic mass is 9.87. The molecule has 1 aromatic rings. The zero-order valence-electron chi connectivity index (χ0n) is 16.8. The topological polar surface area (TPSA) is 24.1 Å². The SMILES string of the molecule is C=C(NC1CCCC(C)C1)NC(C)C1=C(C)c2ccccc2C1.CC. The van der Waals surface area contributed by atoms with E-state index in [2.05, 4.69) is 62.2 Å². The quantitative estimate of drug-likeness (QED) is 0.722. The second kappa shape index (κ2) is 9.12. The van der Waals surface area contributed by atoms with Crippen LogP contribution in [0.3, 0.4) is 0 Å². The van der Waals surface area contributed by atoms with E-state index in [-0.39, 0.29) is 0 Å². The van der Waals surface area contributed by atoms with Gasteiger partial charge in [-0.15, -0.1) is 0 Å². The number of benzene rings is 1. The molecule has 2 nitrogen and oxygen atoms in total. The summed E-state index contributed by atoms with van der Waals surface area (Å²) in [5, 5.41) is 7.20. The van der Waals surface area contributed by atoms with Gasteiger partial charge in [-0.25, -0.2) is 0 Å². The fourth-order valence-corrected chi connectivity index (χ4v) is 4.23. The summed E-state index contributed by atoms with van der Waals surface area (Å²) < 4.78 is 0. The van der Waals surface area contributed by atoms with Gasteiger partial charge in [0.15, 0.2) is 0 Å². The number of hydrogen-bond acceptors (Lipinski definition) is 2. The van der Waals surface area contributed by atoms with Crippen molar-refractivity contribution in [2.24, 2.45) is 5.92 Å². The number of rotatable bonds is 5. The van der Waals surface area contributed by atoms with Gasteiger partial charge in [0.25, 0.3) is 0 Å². The molecule has 2 heteroatoms. The molecule has 3 rings (SSSR count). The average molecular weight is 341 g/mol. The normalized spacial score (nSPS) is 23.2. The Hall–Kier alpha value is -1.70. The second-order valence-electron chi connectivity index (χ2n) is 7.44. The molecule has 0 aliphatic heterocycles. The minimum atomic E-state index is 0.323. The summed E-state index contributed by atoms with van der Waals surface area (Å²) in [5.41, 5.74) is 5.79. The van der Waals surface area contributed by atoms with E-state index >= 15 is 0 Å². The van der Waals surface area contributed by atoms with Crippen LogP contribution in [0.5, 0.6) is 0 Å². The number of hydrogen-bond donors (Lipinski definition) is 2. The average Bonchev–Trinajstić information content (AvgIpc) is 2.94. The molecule has 1 aromatic carbocycles. The summed E-state index contributed by atoms with van der Waals surface area (Å²) in [6.07, 6.45) is 6.30. The monoisotopic (exact) mass is 340 g/mol. The third-order valence-electron chi connectivity index (χ3n) is 5.51. The van der Waals surface area contributed by atoms with Gasteiger partial charge in [0.05, 0.1) is 5.82 Å². The van der Waals surface area contributed by atoms with Gasteiger partial charge < -0.3 is 10.6 Å². The first kappa shape index (κ1) is 19.6. The van der Waals surface area contributed by atoms with Crippen LogP contribution in [0.4, 0.5) is 0 Å². The Kier molecular flexibility index (Phi) is 7.16. The fraction of sp³-hybridized carbons (Fsp3) is 0.565. The molecule has 0 bridgehead atoms. The Balaban J connectivity index is 0.00000109. The zero-order valence-corrected chi connectivity index (χ0v) is 16.8. The van der Waals surface area contributed by atoms with E-state index in [1.807, 2.05) is 13.8 Å². The van der Waals surface area contributed by atoms with Gasteiger partial charge in [0.2, 0.25) is 0 Å². The van der Waals surface area contributed by atoms with Gasteiger partial charge in [0.1, 0.15) is 0 Å². The van der Waals surface area contributed by atoms with Crippen LogP contribution in [0, 0.1) is 5.92 Å². The van der Waals surface area contributed by atoms with E-state index in [4.69, 9.17) is 0 Å². The van der Waals surface area contributed by atoms with E-state index in [1.165, 1.54) is 48.0 Å². The second-order valence-corrected chi connectivity index (χ2v) is 7.44. The molecule has 0 aromatic heterocycles. The summed E-state index contributed by atoms with van der Waals surface area (Å²) >= 11 is 0. The largest absolute Gasteiger partial charge is 0.370 e. The first-order valence-corrected chi connectivity index (χ1v) is 10.0. The summed E-state index contributed by atoms with van der Waals surface area (Å²) in [7, 11) is 0. The Morgan fingerprint density at radius 1 is 1.20 bits per heavy atom. The number of nitrogens with one attached hydrogen (secondary N) is 2. The van der Waals surface area contributed by atoms with Gasteiger partial charge in [-0.05, 0) is 61.3 Å². The van der Waals surface area contributed by atoms with E-state index in [9.17, 15) is 0 Å². The van der Waals surface area contributed by atoms with Crippen molar-refractivity contribution in [1.29, 1.82) is 0 Å². The number of fused-ring (bicyclic) bond motifs is 1. The zero-order chi connectivity index (χ0) is 18.4. The van der Waals surface area contributed by atoms with Gasteiger partial charge in [-0.2, -0.15) is 0 Å². The molecule has 0 radical (unpaired) electrons. The maximum absolute atomic E-state index is 4.21. The molecule has 0 saturated heterocycles. The molecule has 1 fully saturated rings. The molecular weight excluding hydrogens is 304 g/mol. The molecule has 3 atom stereocenters. The van der Waals surface area contributed by atoms with Crippen LogP contribution in [0.2, 0.25) is 0 Å². The molecule has 3 unspecified atom stereocenters. The van der Waals surface area contributed by atoms with Crippen LogP contribution in [0.15, 0.2) is 42.2 Å². The molecule has 25 heavy (non-hydrogen) atoms. The van der Waals surface area contributed by atoms with Crippen molar-refractivity contribution in [2.45, 2.75) is 78.8 Å². The predicted octanol–water partition coefficient (Wildman–Crippen LogP) is 5.66. The van der Waals surface area contributed by atoms with Crippen LogP contribution < -0.4 is 10.6 Å². The molecule has 0 spiro atoms. The Morgan fingerprint density at radius 2 is 1.92 bits per heavy atom. The minimum Gasteiger partial charge on any atom is -0.370 e. The summed E-state index contributed by atoms with van der Waals surface area (Å²) in [6, 6.07) is 9.66. The molecule has 0 heterocycles. The van der Waals surface area contributed by atoms with Crippen LogP contribution in [0.25, 0.3) is 5.57 Å². The highest BCUT2D eigenvalue weighted by molar-refractivity contribution is 5.75. The van der Waals surface area contributed by atoms with Crippen molar-refractivity contribution < 1.29 is 0 Å². The Bertz CT molecular complexity index is 614. The summed E-state index contributed by atoms with van der Waals surface area (Å²) in [4.78, 5) is 0. The molecule has 2 aliphatic carbocycles. The van der Waals surface area contributed by atoms with Gasteiger partial charge in [-0.3, -0.25) is 0 Å². The van der Waals surface area contributed by atoms with Crippen LogP contribution >= 0.6 is 0 Å². The van der Waals surface area contributed by atoms with Crippen molar-refractivity contribution in [3.05, 3.63) is 53.4 Å². The minimum absolute atomic E-state index is 0.323. The van der Waals surface area contributed by atoms with Crippen molar-refractivity contribution in [3.8, 4) is 0 Å². The third-order valence-corrected chi connectivity index (χ3v) is 5.51. The number of allylic oxidation sites excluding steroid dienone is 1. The third kappa shape index (κ3) is 4.90. The van der Waals surface area contributed by atoms with Gasteiger partial charge >= 0.3 is 0 Å². The van der Waals surface area contributed by atoms with E-state index in [0.717, 1.165) is 18.2 Å². The maximum Gasteiger partial charge on any atom is 0.0919 e. The fourth-order valence-electron chi connectivity index (χ4n) is 4.23. The van der Waals surface area contributed by atoms with Gasteiger partial charge in [0, 0.05) is 12.1 Å². The first-order chi connectivity index (χ1) is 12.0. The maximum atomic E-state index is 4.21. The summed E-state index contributed by atoms with van der Waals surface area (Å²) in [5.74, 6) is 1.81. The van der Waals surface area contributed by atoms with Crippen molar-refractivity contribution >= 4 is 5.57 Å². The Labute approximate surface area is 154 Å². The van der Waals surface area contributed by atoms with Crippen molar-refractivity contribution in [1.82, 2.24) is 10.6 Å². The lowest BCUT2D eigenvalue weighted by Gasteiger charge is -2.30. The smallest absolute Gasteiger partial charge is 0.0919 e. The lowest BCUT2D eigenvalue weighted by molar-refractivity contribution is 0.310. The lowest BCUT2D eigenvalue weighted by Crippen LogP contribution is -2.40. The standard InChI is InChI=1S/C21H30N2.C2H6/c1-14-8-7-10-19(12-14)23-17(4)22-16(3)21-13-18-9-5-6-11-20(18)15(21)2;1-2/h5-6,9,11,14,16,19,22-23H,4,7-8,10,12-13H2,1-3H3;1-2H3. The molecule has 2 N–H and O–H groups in total. The summed E-state index contributed by atoms with van der Waals surface area (Å²) in [6.45, 7) is 15.1. The van der Waals surface area contributed by atoms with Gasteiger partial charge in [-0.1, -0.05) is 64.5 Å². The highest BCUT2D eigenvalue weighted by Gasteiger charge is 2.23.